The lowest BCUT2D eigenvalue weighted by molar-refractivity contribution is 0.168. The predicted octanol–water partition coefficient (Wildman–Crippen LogP) is 0.932. The van der Waals surface area contributed by atoms with Crippen molar-refractivity contribution in [1.82, 2.24) is 4.84 Å². The third-order valence-corrected chi connectivity index (χ3v) is 0.766. The molecule has 0 amide bonds. The van der Waals surface area contributed by atoms with Gasteiger partial charge in [0.25, 0.3) is 0 Å². The molecule has 0 aliphatic carbocycles. The van der Waals surface area contributed by atoms with Crippen LogP contribution in [0.1, 0.15) is 0 Å². The zero-order valence-corrected chi connectivity index (χ0v) is 5.45. The van der Waals surface area contributed by atoms with E-state index in [2.05, 4.69) is 11.4 Å². The van der Waals surface area contributed by atoms with Gasteiger partial charge in [-0.15, -0.1) is 6.58 Å². The van der Waals surface area contributed by atoms with Crippen LogP contribution < -0.4 is 4.84 Å². The van der Waals surface area contributed by atoms with E-state index in [0.29, 0.717) is 19.8 Å². The van der Waals surface area contributed by atoms with Gasteiger partial charge in [0.1, 0.15) is 0 Å². The smallest absolute Gasteiger partial charge is 0.0645 e. The van der Waals surface area contributed by atoms with Crippen LogP contribution in [0, 0.1) is 0 Å². The highest BCUT2D eigenvalue weighted by molar-refractivity contribution is 6.13. The maximum Gasteiger partial charge on any atom is 0.0645 e. The number of ether oxygens (including phenoxy) is 1. The normalized spacial score (nSPS) is 9.12. The van der Waals surface area contributed by atoms with Gasteiger partial charge in [-0.25, -0.2) is 4.84 Å². The Morgan fingerprint density at radius 1 is 1.75 bits per heavy atom. The van der Waals surface area contributed by atoms with Crippen molar-refractivity contribution in [1.29, 1.82) is 0 Å². The minimum atomic E-state index is 0.596. The number of nitrogens with one attached hydrogen (secondary N) is 1. The minimum Gasteiger partial charge on any atom is -0.376 e. The molecule has 1 N–H and O–H groups in total. The van der Waals surface area contributed by atoms with Crippen LogP contribution in [-0.2, 0) is 4.74 Å². The highest BCUT2D eigenvalue weighted by atomic mass is 35.5. The number of hydrogen-bond donors (Lipinski definition) is 1. The van der Waals surface area contributed by atoms with Gasteiger partial charge in [0.05, 0.1) is 13.2 Å². The second kappa shape index (κ2) is 6.95. The summed E-state index contributed by atoms with van der Waals surface area (Å²) in [7, 11) is 0. The molecule has 0 aromatic rings. The summed E-state index contributed by atoms with van der Waals surface area (Å²) in [5, 5.41) is 0. The SMILES string of the molecule is C=CCOCCNCl. The third kappa shape index (κ3) is 5.95. The maximum atomic E-state index is 5.12. The van der Waals surface area contributed by atoms with Crippen molar-refractivity contribution in [3.05, 3.63) is 12.7 Å². The van der Waals surface area contributed by atoms with Gasteiger partial charge in [-0.3, -0.25) is 0 Å². The van der Waals surface area contributed by atoms with E-state index in [4.69, 9.17) is 16.5 Å². The summed E-state index contributed by atoms with van der Waals surface area (Å²) in [5.41, 5.74) is 0. The minimum absolute atomic E-state index is 0.596. The van der Waals surface area contributed by atoms with E-state index in [1.165, 1.54) is 0 Å². The van der Waals surface area contributed by atoms with E-state index < -0.39 is 0 Å². The Kier molecular flexibility index (Phi) is 6.91. The highest BCUT2D eigenvalue weighted by Gasteiger charge is 1.79. The van der Waals surface area contributed by atoms with Gasteiger partial charge in [0.15, 0.2) is 0 Å². The number of halogens is 1. The molecule has 0 radical (unpaired) electrons. The first-order valence-electron chi connectivity index (χ1n) is 2.44. The summed E-state index contributed by atoms with van der Waals surface area (Å²) in [6.45, 7) is 5.39. The molecule has 0 fully saturated rings. The Labute approximate surface area is 54.6 Å². The molecule has 0 aromatic heterocycles. The molecule has 0 aromatic carbocycles. The highest BCUT2D eigenvalue weighted by Crippen LogP contribution is 1.72. The molecule has 0 saturated carbocycles. The molecule has 0 atom stereocenters. The summed E-state index contributed by atoms with van der Waals surface area (Å²) >= 11 is 5.12. The molecular weight excluding hydrogens is 126 g/mol. The Morgan fingerprint density at radius 2 is 2.50 bits per heavy atom. The lowest BCUT2D eigenvalue weighted by atomic mass is 10.7. The van der Waals surface area contributed by atoms with E-state index >= 15 is 0 Å². The van der Waals surface area contributed by atoms with Crippen molar-refractivity contribution < 1.29 is 4.74 Å². The van der Waals surface area contributed by atoms with Crippen molar-refractivity contribution in [2.75, 3.05) is 19.8 Å². The number of hydrogen-bond acceptors (Lipinski definition) is 2. The van der Waals surface area contributed by atoms with Crippen molar-refractivity contribution in [3.8, 4) is 0 Å². The van der Waals surface area contributed by atoms with Crippen molar-refractivity contribution in [3.63, 3.8) is 0 Å². The van der Waals surface area contributed by atoms with Crippen LogP contribution in [0.5, 0.6) is 0 Å². The molecule has 48 valence electrons. The quantitative estimate of drug-likeness (QED) is 0.344. The van der Waals surface area contributed by atoms with Crippen molar-refractivity contribution in [2.24, 2.45) is 0 Å². The van der Waals surface area contributed by atoms with E-state index in [1.807, 2.05) is 0 Å². The van der Waals surface area contributed by atoms with Crippen LogP contribution in [0.4, 0.5) is 0 Å². The second-order valence-corrected chi connectivity index (χ2v) is 1.51. The Hall–Kier alpha value is -0.0500. The molecule has 0 rings (SSSR count). The van der Waals surface area contributed by atoms with Crippen molar-refractivity contribution in [2.45, 2.75) is 0 Å². The van der Waals surface area contributed by atoms with Gasteiger partial charge in [0.2, 0.25) is 0 Å². The molecule has 3 heteroatoms. The summed E-state index contributed by atoms with van der Waals surface area (Å²) < 4.78 is 4.96. The molecule has 0 saturated heterocycles. The topological polar surface area (TPSA) is 21.3 Å². The standard InChI is InChI=1S/C5H10ClNO/c1-2-4-8-5-3-7-6/h2,7H,1,3-5H2. The first kappa shape index (κ1) is 7.95. The fourth-order valence-electron chi connectivity index (χ4n) is 0.277. The van der Waals surface area contributed by atoms with Gasteiger partial charge in [-0.2, -0.15) is 0 Å². The molecule has 0 bridgehead atoms. The summed E-state index contributed by atoms with van der Waals surface area (Å²) in [6, 6.07) is 0. The number of rotatable bonds is 5. The van der Waals surface area contributed by atoms with E-state index in [9.17, 15) is 0 Å². The first-order chi connectivity index (χ1) is 3.91. The monoisotopic (exact) mass is 135 g/mol. The average molecular weight is 136 g/mol. The Balaban J connectivity index is 2.62. The Morgan fingerprint density at radius 3 is 3.00 bits per heavy atom. The van der Waals surface area contributed by atoms with Crippen LogP contribution in [-0.4, -0.2) is 19.8 Å². The Bertz CT molecular complexity index is 58.4. The molecule has 8 heavy (non-hydrogen) atoms. The molecular formula is C5H10ClNO. The summed E-state index contributed by atoms with van der Waals surface area (Å²) in [6.07, 6.45) is 1.70. The summed E-state index contributed by atoms with van der Waals surface area (Å²) in [5.74, 6) is 0. The average Bonchev–Trinajstić information content (AvgIpc) is 1.81. The third-order valence-electron chi connectivity index (χ3n) is 0.577. The van der Waals surface area contributed by atoms with Crippen LogP contribution in [0.25, 0.3) is 0 Å². The van der Waals surface area contributed by atoms with Crippen LogP contribution >= 0.6 is 11.8 Å². The molecule has 2 nitrogen and oxygen atoms in total. The fraction of sp³-hybridized carbons (Fsp3) is 0.600. The largest absolute Gasteiger partial charge is 0.376 e. The maximum absolute atomic E-state index is 5.12. The van der Waals surface area contributed by atoms with Gasteiger partial charge >= 0.3 is 0 Å². The van der Waals surface area contributed by atoms with E-state index in [1.54, 1.807) is 6.08 Å². The molecule has 0 aliphatic heterocycles. The lowest BCUT2D eigenvalue weighted by Gasteiger charge is -1.95. The molecule has 0 spiro atoms. The molecule has 0 unspecified atom stereocenters. The molecule has 0 heterocycles. The zero-order chi connectivity index (χ0) is 6.24. The van der Waals surface area contributed by atoms with E-state index in [-0.39, 0.29) is 0 Å². The van der Waals surface area contributed by atoms with Gasteiger partial charge < -0.3 is 4.74 Å². The van der Waals surface area contributed by atoms with Crippen LogP contribution in [0.2, 0.25) is 0 Å². The predicted molar refractivity (Wildman–Crippen MR) is 34.9 cm³/mol. The van der Waals surface area contributed by atoms with Gasteiger partial charge in [-0.05, 0) is 11.8 Å². The van der Waals surface area contributed by atoms with E-state index in [0.717, 1.165) is 0 Å². The van der Waals surface area contributed by atoms with Crippen molar-refractivity contribution >= 4 is 11.8 Å². The summed E-state index contributed by atoms with van der Waals surface area (Å²) in [4.78, 5) is 2.44. The van der Waals surface area contributed by atoms with Crippen LogP contribution in [0.15, 0.2) is 12.7 Å². The zero-order valence-electron chi connectivity index (χ0n) is 4.69. The first-order valence-corrected chi connectivity index (χ1v) is 2.81. The second-order valence-electron chi connectivity index (χ2n) is 1.25. The fourth-order valence-corrected chi connectivity index (χ4v) is 0.355. The van der Waals surface area contributed by atoms with Gasteiger partial charge in [0, 0.05) is 6.54 Å². The van der Waals surface area contributed by atoms with Gasteiger partial charge in [-0.1, -0.05) is 6.08 Å². The lowest BCUT2D eigenvalue weighted by Crippen LogP contribution is -2.09. The molecule has 0 aliphatic rings. The van der Waals surface area contributed by atoms with Crippen LogP contribution in [0.3, 0.4) is 0 Å².